The van der Waals surface area contributed by atoms with Gasteiger partial charge in [0.25, 0.3) is 0 Å². The lowest BCUT2D eigenvalue weighted by Gasteiger charge is -2.35. The SMILES string of the molecule is CC(C)OP(=O)(CC[C@@]1(C)[C@H](C)[C@@H](n2cnc3c(N)nc(Cl)nc32)[C@H](O)[C@@H]1O)OC(C)C. The van der Waals surface area contributed by atoms with Gasteiger partial charge in [-0.05, 0) is 51.6 Å². The maximum absolute atomic E-state index is 13.3. The van der Waals surface area contributed by atoms with Gasteiger partial charge in [-0.2, -0.15) is 9.97 Å². The van der Waals surface area contributed by atoms with Gasteiger partial charge in [-0.15, -0.1) is 0 Å². The van der Waals surface area contributed by atoms with Gasteiger partial charge in [-0.1, -0.05) is 13.8 Å². The predicted octanol–water partition coefficient (Wildman–Crippen LogP) is 3.41. The number of aromatic nitrogens is 4. The second-order valence-electron chi connectivity index (χ2n) is 9.32. The van der Waals surface area contributed by atoms with E-state index in [0.29, 0.717) is 17.6 Å². The molecule has 0 spiro atoms. The van der Waals surface area contributed by atoms with Gasteiger partial charge in [0.15, 0.2) is 11.5 Å². The third kappa shape index (κ3) is 4.67. The molecule has 12 heteroatoms. The zero-order valence-electron chi connectivity index (χ0n) is 19.3. The molecule has 2 aromatic rings. The second kappa shape index (κ2) is 9.16. The normalized spacial score (nSPS) is 29.0. The monoisotopic (exact) mass is 489 g/mol. The van der Waals surface area contributed by atoms with Crippen LogP contribution in [0.5, 0.6) is 0 Å². The highest BCUT2D eigenvalue weighted by Crippen LogP contribution is 2.57. The van der Waals surface area contributed by atoms with Crippen molar-refractivity contribution < 1.29 is 23.8 Å². The first-order chi connectivity index (χ1) is 14.8. The van der Waals surface area contributed by atoms with Crippen LogP contribution in [0.2, 0.25) is 5.28 Å². The number of rotatable bonds is 8. The Morgan fingerprint density at radius 2 is 1.84 bits per heavy atom. The Bertz CT molecular complexity index is 1000. The van der Waals surface area contributed by atoms with Gasteiger partial charge in [0.2, 0.25) is 5.28 Å². The first-order valence-electron chi connectivity index (χ1n) is 10.8. The van der Waals surface area contributed by atoms with E-state index < -0.39 is 31.3 Å². The summed E-state index contributed by atoms with van der Waals surface area (Å²) in [5, 5.41) is 22.0. The van der Waals surface area contributed by atoms with Crippen molar-refractivity contribution in [2.75, 3.05) is 11.9 Å². The van der Waals surface area contributed by atoms with Crippen LogP contribution in [0, 0.1) is 11.3 Å². The largest absolute Gasteiger partial charge is 0.390 e. The molecule has 1 aliphatic carbocycles. The molecule has 5 atom stereocenters. The van der Waals surface area contributed by atoms with Gasteiger partial charge >= 0.3 is 7.60 Å². The highest BCUT2D eigenvalue weighted by Gasteiger charge is 2.56. The summed E-state index contributed by atoms with van der Waals surface area (Å²) in [6.45, 7) is 11.0. The van der Waals surface area contributed by atoms with E-state index in [4.69, 9.17) is 26.4 Å². The van der Waals surface area contributed by atoms with Crippen molar-refractivity contribution >= 4 is 36.2 Å². The van der Waals surface area contributed by atoms with Crippen LogP contribution in [-0.4, -0.2) is 60.3 Å². The van der Waals surface area contributed by atoms with E-state index in [1.807, 2.05) is 13.8 Å². The number of anilines is 1. The Hall–Kier alpha value is -1.29. The van der Waals surface area contributed by atoms with Gasteiger partial charge in [0.05, 0.1) is 36.8 Å². The number of fused-ring (bicyclic) bond motifs is 1. The third-order valence-electron chi connectivity index (χ3n) is 6.31. The van der Waals surface area contributed by atoms with Crippen LogP contribution in [0.3, 0.4) is 0 Å². The first-order valence-corrected chi connectivity index (χ1v) is 12.9. The van der Waals surface area contributed by atoms with E-state index in [2.05, 4.69) is 15.0 Å². The van der Waals surface area contributed by atoms with Gasteiger partial charge in [0.1, 0.15) is 11.6 Å². The highest BCUT2D eigenvalue weighted by atomic mass is 35.5. The van der Waals surface area contributed by atoms with E-state index in [1.165, 1.54) is 6.33 Å². The molecule has 0 radical (unpaired) electrons. The summed E-state index contributed by atoms with van der Waals surface area (Å²) in [7, 11) is -3.40. The summed E-state index contributed by atoms with van der Waals surface area (Å²) in [6.07, 6.45) is -0.785. The molecule has 0 aromatic carbocycles. The lowest BCUT2D eigenvalue weighted by atomic mass is 9.76. The van der Waals surface area contributed by atoms with Crippen LogP contribution in [0.25, 0.3) is 11.2 Å². The number of nitrogen functional groups attached to an aromatic ring is 1. The Labute approximate surface area is 193 Å². The second-order valence-corrected chi connectivity index (χ2v) is 11.7. The molecular weight excluding hydrogens is 457 g/mol. The summed E-state index contributed by atoms with van der Waals surface area (Å²) >= 11 is 5.99. The zero-order valence-corrected chi connectivity index (χ0v) is 20.9. The van der Waals surface area contributed by atoms with Crippen LogP contribution < -0.4 is 5.73 Å². The molecule has 0 bridgehead atoms. The molecule has 1 fully saturated rings. The molecule has 0 unspecified atom stereocenters. The molecule has 10 nitrogen and oxygen atoms in total. The van der Waals surface area contributed by atoms with Crippen molar-refractivity contribution in [2.24, 2.45) is 11.3 Å². The van der Waals surface area contributed by atoms with E-state index in [0.717, 1.165) is 0 Å². The Morgan fingerprint density at radius 3 is 2.41 bits per heavy atom. The lowest BCUT2D eigenvalue weighted by Crippen LogP contribution is -2.36. The number of aliphatic hydroxyl groups excluding tert-OH is 2. The zero-order chi connectivity index (χ0) is 24.0. The summed E-state index contributed by atoms with van der Waals surface area (Å²) < 4.78 is 26.3. The van der Waals surface area contributed by atoms with Crippen molar-refractivity contribution in [2.45, 2.75) is 78.4 Å². The van der Waals surface area contributed by atoms with E-state index >= 15 is 0 Å². The van der Waals surface area contributed by atoms with Crippen molar-refractivity contribution in [3.8, 4) is 0 Å². The van der Waals surface area contributed by atoms with Crippen LogP contribution in [0.1, 0.15) is 54.0 Å². The standard InChI is InChI=1S/C20H33ClN5O5P/c1-10(2)30-32(29,31-11(3)4)8-7-20(6)12(5)14(15(27)16(20)28)26-9-23-13-17(22)24-19(21)25-18(13)26/h9-12,14-16,27-28H,7-8H2,1-6H3,(H2,22,24,25)/t12-,14-,15+,16+,20+/m1/s1. The fraction of sp³-hybridized carbons (Fsp3) is 0.750. The molecule has 0 amide bonds. The molecule has 2 heterocycles. The van der Waals surface area contributed by atoms with Gasteiger partial charge in [-0.25, -0.2) is 4.98 Å². The number of imidazole rings is 1. The topological polar surface area (TPSA) is 146 Å². The summed E-state index contributed by atoms with van der Waals surface area (Å²) in [5.41, 5.74) is 5.89. The quantitative estimate of drug-likeness (QED) is 0.375. The fourth-order valence-corrected chi connectivity index (χ4v) is 7.06. The van der Waals surface area contributed by atoms with Crippen LogP contribution in [0.4, 0.5) is 5.82 Å². The van der Waals surface area contributed by atoms with Crippen molar-refractivity contribution in [1.29, 1.82) is 0 Å². The molecule has 4 N–H and O–H groups in total. The minimum absolute atomic E-state index is 0.0298. The summed E-state index contributed by atoms with van der Waals surface area (Å²) in [4.78, 5) is 12.4. The smallest absolute Gasteiger partial charge is 0.331 e. The molecule has 32 heavy (non-hydrogen) atoms. The first kappa shape index (κ1) is 25.3. The van der Waals surface area contributed by atoms with Gasteiger partial charge in [0, 0.05) is 5.41 Å². The molecular formula is C20H33ClN5O5P. The Morgan fingerprint density at radius 1 is 1.25 bits per heavy atom. The van der Waals surface area contributed by atoms with Crippen LogP contribution in [-0.2, 0) is 13.6 Å². The Kier molecular flexibility index (Phi) is 7.25. The maximum Gasteiger partial charge on any atom is 0.331 e. The number of aliphatic hydroxyl groups is 2. The van der Waals surface area contributed by atoms with Gasteiger partial charge < -0.3 is 29.6 Å². The fourth-order valence-electron chi connectivity index (χ4n) is 4.59. The minimum Gasteiger partial charge on any atom is -0.390 e. The van der Waals surface area contributed by atoms with Gasteiger partial charge in [-0.3, -0.25) is 4.57 Å². The third-order valence-corrected chi connectivity index (χ3v) is 8.74. The number of hydrogen-bond donors (Lipinski definition) is 3. The molecule has 3 rings (SSSR count). The molecule has 2 aromatic heterocycles. The average molecular weight is 490 g/mol. The maximum atomic E-state index is 13.3. The predicted molar refractivity (Wildman–Crippen MR) is 123 cm³/mol. The van der Waals surface area contributed by atoms with Crippen molar-refractivity contribution in [1.82, 2.24) is 19.5 Å². The molecule has 1 saturated carbocycles. The van der Waals surface area contributed by atoms with E-state index in [9.17, 15) is 14.8 Å². The number of nitrogens with zero attached hydrogens (tertiary/aromatic N) is 4. The number of hydrogen-bond acceptors (Lipinski definition) is 9. The average Bonchev–Trinajstić information content (AvgIpc) is 3.13. The minimum atomic E-state index is -3.40. The Balaban J connectivity index is 1.92. The van der Waals surface area contributed by atoms with E-state index in [-0.39, 0.29) is 35.4 Å². The lowest BCUT2D eigenvalue weighted by molar-refractivity contribution is -0.0267. The van der Waals surface area contributed by atoms with Crippen molar-refractivity contribution in [3.63, 3.8) is 0 Å². The summed E-state index contributed by atoms with van der Waals surface area (Å²) in [6, 6.07) is -0.554. The van der Waals surface area contributed by atoms with E-state index in [1.54, 1.807) is 32.3 Å². The molecule has 180 valence electrons. The van der Waals surface area contributed by atoms with Crippen LogP contribution in [0.15, 0.2) is 6.33 Å². The molecule has 1 aliphatic rings. The molecule has 0 aliphatic heterocycles. The number of halogens is 1. The van der Waals surface area contributed by atoms with Crippen LogP contribution >= 0.6 is 19.2 Å². The summed E-state index contributed by atoms with van der Waals surface area (Å²) in [5.74, 6) is -0.105. The molecule has 0 saturated heterocycles. The number of nitrogens with two attached hydrogens (primary N) is 1. The highest BCUT2D eigenvalue weighted by molar-refractivity contribution is 7.53. The van der Waals surface area contributed by atoms with Crippen molar-refractivity contribution in [3.05, 3.63) is 11.6 Å².